The maximum atomic E-state index is 12.6. The molecular weight excluding hydrogens is 352 g/mol. The van der Waals surface area contributed by atoms with Crippen LogP contribution in [-0.4, -0.2) is 10.9 Å². The molecule has 0 aliphatic rings. The van der Waals surface area contributed by atoms with E-state index in [4.69, 9.17) is 0 Å². The molecule has 4 aromatic rings. The third kappa shape index (κ3) is 4.13. The van der Waals surface area contributed by atoms with Crippen LogP contribution in [0.5, 0.6) is 0 Å². The maximum Gasteiger partial charge on any atom is 0.230 e. The van der Waals surface area contributed by atoms with Gasteiger partial charge in [0, 0.05) is 22.2 Å². The average molecular weight is 370 g/mol. The molecular formula is C23H18N2OS. The fourth-order valence-electron chi connectivity index (χ4n) is 2.92. The molecule has 1 amide bonds. The summed E-state index contributed by atoms with van der Waals surface area (Å²) in [6, 6.07) is 27.9. The number of carbonyl (C=O) groups is 1. The molecule has 1 aromatic heterocycles. The highest BCUT2D eigenvalue weighted by molar-refractivity contribution is 7.13. The van der Waals surface area contributed by atoms with Crippen molar-refractivity contribution < 1.29 is 4.79 Å². The van der Waals surface area contributed by atoms with E-state index in [1.807, 2.05) is 90.3 Å². The van der Waals surface area contributed by atoms with Gasteiger partial charge in [0.25, 0.3) is 0 Å². The van der Waals surface area contributed by atoms with Crippen molar-refractivity contribution in [3.8, 4) is 21.7 Å². The smallest absolute Gasteiger partial charge is 0.230 e. The molecule has 0 saturated carbocycles. The normalized spacial score (nSPS) is 10.5. The number of aromatic nitrogens is 1. The summed E-state index contributed by atoms with van der Waals surface area (Å²) in [5, 5.41) is 5.92. The Kier molecular flexibility index (Phi) is 5.08. The molecule has 1 N–H and O–H groups in total. The lowest BCUT2D eigenvalue weighted by Gasteiger charge is -2.11. The van der Waals surface area contributed by atoms with Gasteiger partial charge in [-0.15, -0.1) is 11.3 Å². The Hall–Kier alpha value is -3.24. The van der Waals surface area contributed by atoms with Gasteiger partial charge in [-0.25, -0.2) is 4.98 Å². The minimum Gasteiger partial charge on any atom is -0.325 e. The Bertz CT molecular complexity index is 1040. The van der Waals surface area contributed by atoms with Crippen LogP contribution in [-0.2, 0) is 11.2 Å². The quantitative estimate of drug-likeness (QED) is 0.493. The van der Waals surface area contributed by atoms with Crippen LogP contribution in [0, 0.1) is 0 Å². The zero-order valence-electron chi connectivity index (χ0n) is 14.6. The predicted molar refractivity (Wildman–Crippen MR) is 112 cm³/mol. The highest BCUT2D eigenvalue weighted by atomic mass is 32.1. The first kappa shape index (κ1) is 17.2. The van der Waals surface area contributed by atoms with E-state index < -0.39 is 0 Å². The summed E-state index contributed by atoms with van der Waals surface area (Å²) in [7, 11) is 0. The number of para-hydroxylation sites is 1. The molecule has 27 heavy (non-hydrogen) atoms. The first-order valence-corrected chi connectivity index (χ1v) is 9.62. The first-order valence-electron chi connectivity index (χ1n) is 8.74. The Morgan fingerprint density at radius 2 is 1.44 bits per heavy atom. The monoisotopic (exact) mass is 370 g/mol. The second-order valence-electron chi connectivity index (χ2n) is 6.15. The molecule has 0 atom stereocenters. The van der Waals surface area contributed by atoms with E-state index in [2.05, 4.69) is 10.3 Å². The second-order valence-corrected chi connectivity index (χ2v) is 7.00. The van der Waals surface area contributed by atoms with Gasteiger partial charge in [0.1, 0.15) is 5.01 Å². The van der Waals surface area contributed by atoms with E-state index in [1.165, 1.54) is 0 Å². The fourth-order valence-corrected chi connectivity index (χ4v) is 3.75. The van der Waals surface area contributed by atoms with E-state index >= 15 is 0 Å². The van der Waals surface area contributed by atoms with Crippen molar-refractivity contribution in [1.29, 1.82) is 0 Å². The minimum atomic E-state index is -0.0664. The van der Waals surface area contributed by atoms with Crippen LogP contribution in [0.15, 0.2) is 90.3 Å². The van der Waals surface area contributed by atoms with E-state index in [0.29, 0.717) is 0 Å². The molecule has 3 nitrogen and oxygen atoms in total. The Labute approximate surface area is 162 Å². The fraction of sp³-hybridized carbons (Fsp3) is 0.0435. The number of amides is 1. The molecule has 0 radical (unpaired) electrons. The highest BCUT2D eigenvalue weighted by Crippen LogP contribution is 2.28. The molecule has 4 heteroatoms. The summed E-state index contributed by atoms with van der Waals surface area (Å²) in [5.74, 6) is -0.0664. The summed E-state index contributed by atoms with van der Waals surface area (Å²) in [5.41, 5.74) is 4.76. The number of benzene rings is 3. The first-order chi connectivity index (χ1) is 13.3. The van der Waals surface area contributed by atoms with Crippen molar-refractivity contribution >= 4 is 22.9 Å². The van der Waals surface area contributed by atoms with Gasteiger partial charge < -0.3 is 5.32 Å². The average Bonchev–Trinajstić information content (AvgIpc) is 3.18. The van der Waals surface area contributed by atoms with Gasteiger partial charge in [-0.2, -0.15) is 0 Å². The highest BCUT2D eigenvalue weighted by Gasteiger charge is 2.11. The molecule has 0 fully saturated rings. The Balaban J connectivity index is 1.49. The van der Waals surface area contributed by atoms with Crippen molar-refractivity contribution in [2.75, 3.05) is 5.32 Å². The van der Waals surface area contributed by atoms with Gasteiger partial charge in [0.2, 0.25) is 5.91 Å². The summed E-state index contributed by atoms with van der Waals surface area (Å²) < 4.78 is 0. The summed E-state index contributed by atoms with van der Waals surface area (Å²) in [4.78, 5) is 17.2. The molecule has 3 aromatic carbocycles. The van der Waals surface area contributed by atoms with Crippen molar-refractivity contribution in [3.05, 3.63) is 96.0 Å². The van der Waals surface area contributed by atoms with E-state index in [0.717, 1.165) is 33.1 Å². The van der Waals surface area contributed by atoms with Crippen LogP contribution in [0.1, 0.15) is 5.69 Å². The van der Waals surface area contributed by atoms with Crippen molar-refractivity contribution in [2.45, 2.75) is 6.42 Å². The van der Waals surface area contributed by atoms with Gasteiger partial charge in [-0.3, -0.25) is 4.79 Å². The van der Waals surface area contributed by atoms with Crippen LogP contribution in [0.4, 0.5) is 5.69 Å². The number of nitrogens with one attached hydrogen (secondary N) is 1. The standard InChI is InChI=1S/C23H18N2OS/c26-22(15-19-16-27-23(24-19)18-11-5-2-6-12-18)25-21-14-8-7-13-20(21)17-9-3-1-4-10-17/h1-14,16H,15H2,(H,25,26). The molecule has 0 spiro atoms. The van der Waals surface area contributed by atoms with Crippen LogP contribution < -0.4 is 5.32 Å². The van der Waals surface area contributed by atoms with Crippen LogP contribution in [0.2, 0.25) is 0 Å². The zero-order valence-corrected chi connectivity index (χ0v) is 15.4. The molecule has 0 unspecified atom stereocenters. The molecule has 0 bridgehead atoms. The number of carbonyl (C=O) groups excluding carboxylic acids is 1. The number of hydrogen-bond acceptors (Lipinski definition) is 3. The predicted octanol–water partition coefficient (Wildman–Crippen LogP) is 5.66. The number of hydrogen-bond donors (Lipinski definition) is 1. The minimum absolute atomic E-state index is 0.0664. The van der Waals surface area contributed by atoms with E-state index in [9.17, 15) is 4.79 Å². The SMILES string of the molecule is O=C(Cc1csc(-c2ccccc2)n1)Nc1ccccc1-c1ccccc1. The third-order valence-electron chi connectivity index (χ3n) is 4.20. The Morgan fingerprint density at radius 1 is 0.815 bits per heavy atom. The maximum absolute atomic E-state index is 12.6. The van der Waals surface area contributed by atoms with Crippen molar-refractivity contribution in [2.24, 2.45) is 0 Å². The molecule has 0 aliphatic heterocycles. The van der Waals surface area contributed by atoms with Crippen molar-refractivity contribution in [1.82, 2.24) is 4.98 Å². The lowest BCUT2D eigenvalue weighted by Crippen LogP contribution is -2.15. The molecule has 132 valence electrons. The largest absolute Gasteiger partial charge is 0.325 e. The number of thiazole rings is 1. The third-order valence-corrected chi connectivity index (χ3v) is 5.14. The number of nitrogens with zero attached hydrogens (tertiary/aromatic N) is 1. The van der Waals surface area contributed by atoms with Gasteiger partial charge in [-0.05, 0) is 11.6 Å². The number of anilines is 1. The molecule has 0 saturated heterocycles. The van der Waals surface area contributed by atoms with Crippen LogP contribution in [0.25, 0.3) is 21.7 Å². The van der Waals surface area contributed by atoms with Crippen molar-refractivity contribution in [3.63, 3.8) is 0 Å². The van der Waals surface area contributed by atoms with Gasteiger partial charge >= 0.3 is 0 Å². The van der Waals surface area contributed by atoms with Gasteiger partial charge in [-0.1, -0.05) is 78.9 Å². The summed E-state index contributed by atoms with van der Waals surface area (Å²) >= 11 is 1.56. The van der Waals surface area contributed by atoms with Crippen LogP contribution in [0.3, 0.4) is 0 Å². The molecule has 0 aliphatic carbocycles. The topological polar surface area (TPSA) is 42.0 Å². The summed E-state index contributed by atoms with van der Waals surface area (Å²) in [6.45, 7) is 0. The molecule has 4 rings (SSSR count). The zero-order chi connectivity index (χ0) is 18.5. The van der Waals surface area contributed by atoms with Gasteiger partial charge in [0.15, 0.2) is 0 Å². The lowest BCUT2D eigenvalue weighted by molar-refractivity contribution is -0.115. The summed E-state index contributed by atoms with van der Waals surface area (Å²) in [6.07, 6.45) is 0.256. The van der Waals surface area contributed by atoms with Crippen LogP contribution >= 0.6 is 11.3 Å². The second kappa shape index (κ2) is 7.98. The number of rotatable bonds is 5. The van der Waals surface area contributed by atoms with E-state index in [1.54, 1.807) is 11.3 Å². The molecule has 1 heterocycles. The van der Waals surface area contributed by atoms with Gasteiger partial charge in [0.05, 0.1) is 12.1 Å². The Morgan fingerprint density at radius 3 is 2.19 bits per heavy atom. The van der Waals surface area contributed by atoms with E-state index in [-0.39, 0.29) is 12.3 Å². The lowest BCUT2D eigenvalue weighted by atomic mass is 10.0.